The van der Waals surface area contributed by atoms with Crippen LogP contribution in [0.2, 0.25) is 0 Å². The van der Waals surface area contributed by atoms with Crippen LogP contribution in [0.4, 0.5) is 0 Å². The maximum atomic E-state index is 12.3. The molecular formula is C16H15N3O6S2. The summed E-state index contributed by atoms with van der Waals surface area (Å²) in [6, 6.07) is 11.4. The molecule has 0 saturated heterocycles. The number of rotatable bonds is 5. The topological polar surface area (TPSA) is 149 Å². The Labute approximate surface area is 155 Å². The summed E-state index contributed by atoms with van der Waals surface area (Å²) in [5.41, 5.74) is 3.09. The summed E-state index contributed by atoms with van der Waals surface area (Å²) in [5, 5.41) is 5.72. The summed E-state index contributed by atoms with van der Waals surface area (Å²) in [7, 11) is -8.31. The quantitative estimate of drug-likeness (QED) is 0.536. The third kappa shape index (κ3) is 3.85. The molecule has 0 aliphatic rings. The van der Waals surface area contributed by atoms with Crippen molar-refractivity contribution in [3.05, 3.63) is 59.9 Å². The largest absolute Gasteiger partial charge is 0.451 e. The van der Waals surface area contributed by atoms with E-state index in [2.05, 4.69) is 0 Å². The summed E-state index contributed by atoms with van der Waals surface area (Å²) in [6.45, 7) is 1.67. The molecule has 1 aromatic heterocycles. The van der Waals surface area contributed by atoms with Crippen molar-refractivity contribution in [1.29, 1.82) is 0 Å². The Bertz CT molecular complexity index is 1250. The number of hydrogen-bond donors (Lipinski definition) is 3. The van der Waals surface area contributed by atoms with Crippen LogP contribution in [0.3, 0.4) is 0 Å². The van der Waals surface area contributed by atoms with Gasteiger partial charge in [-0.15, -0.1) is 4.83 Å². The number of hydrazine groups is 1. The molecule has 0 saturated carbocycles. The Hall–Kier alpha value is -2.73. The Morgan fingerprint density at radius 3 is 2.33 bits per heavy atom. The monoisotopic (exact) mass is 409 g/mol. The zero-order valence-electron chi connectivity index (χ0n) is 14.0. The SMILES string of the molecule is Cc1c(C(=O)NNS(=O)(=O)c2cccc(S(N)(=O)=O)c2)oc2ccccc12. The van der Waals surface area contributed by atoms with Crippen LogP contribution in [-0.4, -0.2) is 22.7 Å². The highest BCUT2D eigenvalue weighted by atomic mass is 32.2. The molecule has 1 heterocycles. The first-order valence-corrected chi connectivity index (χ1v) is 10.6. The number of furan rings is 1. The summed E-state index contributed by atoms with van der Waals surface area (Å²) < 4.78 is 52.8. The number of hydrogen-bond acceptors (Lipinski definition) is 6. The second-order valence-electron chi connectivity index (χ2n) is 5.63. The molecule has 1 amide bonds. The molecule has 0 atom stereocenters. The summed E-state index contributed by atoms with van der Waals surface area (Å²) in [5.74, 6) is -0.841. The number of amides is 1. The number of primary sulfonamides is 1. The Balaban J connectivity index is 1.83. The third-order valence-electron chi connectivity index (χ3n) is 3.79. The van der Waals surface area contributed by atoms with Gasteiger partial charge >= 0.3 is 5.91 Å². The number of aryl methyl sites for hydroxylation is 1. The van der Waals surface area contributed by atoms with Crippen LogP contribution in [-0.2, 0) is 20.0 Å². The molecule has 3 rings (SSSR count). The highest BCUT2D eigenvalue weighted by molar-refractivity contribution is 7.90. The number of nitrogens with one attached hydrogen (secondary N) is 2. The van der Waals surface area contributed by atoms with Crippen LogP contribution >= 0.6 is 0 Å². The van der Waals surface area contributed by atoms with E-state index in [9.17, 15) is 21.6 Å². The molecule has 0 radical (unpaired) electrons. The fraction of sp³-hybridized carbons (Fsp3) is 0.0625. The lowest BCUT2D eigenvalue weighted by Gasteiger charge is -2.08. The van der Waals surface area contributed by atoms with E-state index in [1.807, 2.05) is 10.3 Å². The Kier molecular flexibility index (Phi) is 4.78. The third-order valence-corrected chi connectivity index (χ3v) is 5.95. The fourth-order valence-electron chi connectivity index (χ4n) is 2.44. The number of nitrogens with two attached hydrogens (primary N) is 1. The van der Waals surface area contributed by atoms with E-state index in [-0.39, 0.29) is 15.6 Å². The zero-order valence-corrected chi connectivity index (χ0v) is 15.6. The van der Waals surface area contributed by atoms with Gasteiger partial charge in [-0.3, -0.25) is 10.2 Å². The van der Waals surface area contributed by atoms with Crippen molar-refractivity contribution in [2.75, 3.05) is 0 Å². The minimum Gasteiger partial charge on any atom is -0.451 e. The maximum Gasteiger partial charge on any atom is 0.302 e. The van der Waals surface area contributed by atoms with Crippen LogP contribution in [0.1, 0.15) is 16.1 Å². The summed E-state index contributed by atoms with van der Waals surface area (Å²) in [4.78, 5) is 13.4. The number of carbonyl (C=O) groups is 1. The van der Waals surface area contributed by atoms with E-state index >= 15 is 0 Å². The number of sulfonamides is 2. The molecule has 4 N–H and O–H groups in total. The van der Waals surface area contributed by atoms with Gasteiger partial charge in [-0.05, 0) is 31.2 Å². The lowest BCUT2D eigenvalue weighted by Crippen LogP contribution is -2.41. The van der Waals surface area contributed by atoms with Crippen LogP contribution in [0.25, 0.3) is 11.0 Å². The molecule has 0 spiro atoms. The second-order valence-corrected chi connectivity index (χ2v) is 8.88. The molecule has 0 fully saturated rings. The van der Waals surface area contributed by atoms with Crippen molar-refractivity contribution < 1.29 is 26.0 Å². The second kappa shape index (κ2) is 6.78. The minimum atomic E-state index is -4.23. The standard InChI is InChI=1S/C16H15N3O6S2/c1-10-13-7-2-3-8-14(13)25-15(10)16(20)18-19-27(23,24)12-6-4-5-11(9-12)26(17,21)22/h2-9,19H,1H3,(H,18,20)(H2,17,21,22). The van der Waals surface area contributed by atoms with E-state index in [1.54, 1.807) is 31.2 Å². The number of fused-ring (bicyclic) bond motifs is 1. The lowest BCUT2D eigenvalue weighted by atomic mass is 10.1. The van der Waals surface area contributed by atoms with Gasteiger partial charge in [0.15, 0.2) is 5.76 Å². The van der Waals surface area contributed by atoms with E-state index in [0.717, 1.165) is 23.6 Å². The van der Waals surface area contributed by atoms with Crippen LogP contribution < -0.4 is 15.4 Å². The molecule has 2 aromatic carbocycles. The molecule has 0 bridgehead atoms. The fourth-order valence-corrected chi connectivity index (χ4v) is 3.96. The molecule has 3 aromatic rings. The predicted molar refractivity (Wildman–Crippen MR) is 96.6 cm³/mol. The van der Waals surface area contributed by atoms with Crippen molar-refractivity contribution in [3.63, 3.8) is 0 Å². The van der Waals surface area contributed by atoms with Gasteiger partial charge in [0.25, 0.3) is 10.0 Å². The molecule has 0 unspecified atom stereocenters. The highest BCUT2D eigenvalue weighted by Gasteiger charge is 2.21. The number of carbonyl (C=O) groups excluding carboxylic acids is 1. The van der Waals surface area contributed by atoms with Crippen molar-refractivity contribution in [3.8, 4) is 0 Å². The van der Waals surface area contributed by atoms with Gasteiger partial charge in [0, 0.05) is 10.9 Å². The van der Waals surface area contributed by atoms with Crippen LogP contribution in [0.15, 0.2) is 62.7 Å². The lowest BCUT2D eigenvalue weighted by molar-refractivity contribution is 0.0918. The first-order valence-electron chi connectivity index (χ1n) is 7.53. The smallest absolute Gasteiger partial charge is 0.302 e. The average Bonchev–Trinajstić information content (AvgIpc) is 2.96. The normalized spacial score (nSPS) is 12.2. The molecule has 0 aliphatic heterocycles. The van der Waals surface area contributed by atoms with Crippen LogP contribution in [0, 0.1) is 6.92 Å². The Morgan fingerprint density at radius 2 is 1.67 bits per heavy atom. The molecule has 11 heteroatoms. The zero-order chi connectivity index (χ0) is 19.8. The van der Waals surface area contributed by atoms with Gasteiger partial charge < -0.3 is 4.42 Å². The first-order chi connectivity index (χ1) is 12.6. The molecule has 9 nitrogen and oxygen atoms in total. The van der Waals surface area contributed by atoms with Crippen molar-refractivity contribution >= 4 is 36.9 Å². The predicted octanol–water partition coefficient (Wildman–Crippen LogP) is 1.01. The average molecular weight is 409 g/mol. The first kappa shape index (κ1) is 19.0. The van der Waals surface area contributed by atoms with E-state index in [0.29, 0.717) is 11.1 Å². The van der Waals surface area contributed by atoms with E-state index in [4.69, 9.17) is 9.56 Å². The van der Waals surface area contributed by atoms with Gasteiger partial charge in [-0.1, -0.05) is 24.3 Å². The van der Waals surface area contributed by atoms with Gasteiger partial charge in [-0.2, -0.15) is 0 Å². The summed E-state index contributed by atoms with van der Waals surface area (Å²) in [6.07, 6.45) is 0. The van der Waals surface area contributed by atoms with Crippen molar-refractivity contribution in [2.45, 2.75) is 16.7 Å². The summed E-state index contributed by atoms with van der Waals surface area (Å²) >= 11 is 0. The molecular weight excluding hydrogens is 394 g/mol. The maximum absolute atomic E-state index is 12.3. The molecule has 27 heavy (non-hydrogen) atoms. The molecule has 0 aliphatic carbocycles. The van der Waals surface area contributed by atoms with E-state index in [1.165, 1.54) is 6.07 Å². The Morgan fingerprint density at radius 1 is 1.00 bits per heavy atom. The highest BCUT2D eigenvalue weighted by Crippen LogP contribution is 2.24. The number of para-hydroxylation sites is 1. The van der Waals surface area contributed by atoms with Gasteiger partial charge in [0.2, 0.25) is 10.0 Å². The van der Waals surface area contributed by atoms with Crippen molar-refractivity contribution in [1.82, 2.24) is 10.3 Å². The van der Waals surface area contributed by atoms with E-state index < -0.39 is 26.0 Å². The van der Waals surface area contributed by atoms with Gasteiger partial charge in [0.1, 0.15) is 5.58 Å². The van der Waals surface area contributed by atoms with Gasteiger partial charge in [0.05, 0.1) is 9.79 Å². The van der Waals surface area contributed by atoms with Crippen molar-refractivity contribution in [2.24, 2.45) is 5.14 Å². The van der Waals surface area contributed by atoms with Crippen LogP contribution in [0.5, 0.6) is 0 Å². The number of benzene rings is 2. The molecule has 142 valence electrons. The minimum absolute atomic E-state index is 0.0443. The van der Waals surface area contributed by atoms with Gasteiger partial charge in [-0.25, -0.2) is 22.0 Å².